The Morgan fingerprint density at radius 2 is 0.350 bits per heavy atom. The van der Waals surface area contributed by atoms with E-state index in [9.17, 15) is 114 Å². The van der Waals surface area contributed by atoms with E-state index >= 15 is 0 Å². The summed E-state index contributed by atoms with van der Waals surface area (Å²) < 4.78 is 330. The van der Waals surface area contributed by atoms with E-state index in [4.69, 9.17) is 0 Å². The third-order valence-electron chi connectivity index (χ3n) is 4.06. The van der Waals surface area contributed by atoms with Crippen LogP contribution in [0, 0.1) is 0 Å². The molecule has 0 saturated carbocycles. The minimum Gasteiger partial charge on any atom is -0.192 e. The van der Waals surface area contributed by atoms with Crippen molar-refractivity contribution < 1.29 is 124 Å². The normalized spacial score (nSPS) is 16.9. The molecule has 2 nitrogen and oxygen atoms in total. The summed E-state index contributed by atoms with van der Waals surface area (Å²) in [6.07, 6.45) is -32.8. The molecule has 0 aromatic heterocycles. The van der Waals surface area contributed by atoms with Gasteiger partial charge in [-0.25, -0.2) is 0 Å². The van der Waals surface area contributed by atoms with Gasteiger partial charge in [-0.2, -0.15) is 124 Å². The maximum absolute atomic E-state index is 13.2. The molecule has 28 heteroatoms. The average molecular weight is 670 g/mol. The molecule has 0 bridgehead atoms. The van der Waals surface area contributed by atoms with Crippen molar-refractivity contribution in [2.75, 3.05) is 0 Å². The lowest BCUT2D eigenvalue weighted by molar-refractivity contribution is -0.593. The summed E-state index contributed by atoms with van der Waals surface area (Å²) in [7, 11) is 0. The van der Waals surface area contributed by atoms with Crippen molar-refractivity contribution in [1.82, 2.24) is 0 Å². The van der Waals surface area contributed by atoms with Gasteiger partial charge in [-0.15, -0.1) is 0 Å². The fourth-order valence-electron chi connectivity index (χ4n) is 1.72. The van der Waals surface area contributed by atoms with Gasteiger partial charge in [0.25, 0.3) is 0 Å². The van der Waals surface area contributed by atoms with Crippen LogP contribution in [0.4, 0.5) is 114 Å². The number of hydrogen-bond acceptors (Lipinski definition) is 2. The summed E-state index contributed by atoms with van der Waals surface area (Å²) in [5.74, 6) is -69.8. The molecule has 0 aliphatic rings. The van der Waals surface area contributed by atoms with Crippen LogP contribution in [0.1, 0.15) is 0 Å². The summed E-state index contributed by atoms with van der Waals surface area (Å²) in [5, 5.41) is 0. The number of hydrogen-bond donors (Lipinski definition) is 0. The van der Waals surface area contributed by atoms with Crippen LogP contribution < -0.4 is 0 Å². The molecule has 242 valence electrons. The largest absolute Gasteiger partial charge is 0.460 e. The zero-order valence-corrected chi connectivity index (χ0v) is 16.6. The fourth-order valence-corrected chi connectivity index (χ4v) is 1.72. The van der Waals surface area contributed by atoms with Crippen molar-refractivity contribution >= 4 is 0 Å². The summed E-state index contributed by atoms with van der Waals surface area (Å²) in [6.45, 7) is 0. The van der Waals surface area contributed by atoms with Gasteiger partial charge in [0.1, 0.15) is 0 Å². The molecule has 0 aromatic rings. The second kappa shape index (κ2) is 9.30. The highest BCUT2D eigenvalue weighted by molar-refractivity contribution is 5.10. The van der Waals surface area contributed by atoms with E-state index in [2.05, 4.69) is 0 Å². The van der Waals surface area contributed by atoms with Gasteiger partial charge in [0, 0.05) is 0 Å². The Labute approximate surface area is 197 Å². The van der Waals surface area contributed by atoms with E-state index in [1.165, 1.54) is 0 Å². The minimum absolute atomic E-state index is 1.05. The Morgan fingerprint density at radius 3 is 0.500 bits per heavy atom. The zero-order chi connectivity index (χ0) is 33.4. The van der Waals surface area contributed by atoms with E-state index in [0.717, 1.165) is 9.78 Å². The first-order valence-corrected chi connectivity index (χ1v) is 7.99. The molecular weight excluding hydrogens is 670 g/mol. The first-order valence-electron chi connectivity index (χ1n) is 7.99. The van der Waals surface area contributed by atoms with Gasteiger partial charge in [-0.1, -0.05) is 0 Å². The molecule has 0 amide bonds. The van der Waals surface area contributed by atoms with Gasteiger partial charge in [-0.05, 0) is 0 Å². The monoisotopic (exact) mass is 670 g/mol. The highest BCUT2D eigenvalue weighted by atomic mass is 19.4. The van der Waals surface area contributed by atoms with Gasteiger partial charge >= 0.3 is 72.0 Å². The molecule has 0 heterocycles. The molecule has 0 radical (unpaired) electrons. The second-order valence-electron chi connectivity index (χ2n) is 6.79. The lowest BCUT2D eigenvalue weighted by atomic mass is 9.97. The molecule has 0 aromatic carbocycles. The third kappa shape index (κ3) is 4.92. The van der Waals surface area contributed by atoms with Gasteiger partial charge in [-0.3, -0.25) is 0 Å². The van der Waals surface area contributed by atoms with Crippen LogP contribution in [0.15, 0.2) is 0 Å². The molecule has 0 aliphatic heterocycles. The molecule has 0 unspecified atom stereocenters. The maximum atomic E-state index is 13.2. The average Bonchev–Trinajstić information content (AvgIpc) is 2.69. The Hall–Kier alpha value is -1.90. The summed E-state index contributed by atoms with van der Waals surface area (Å²) in [4.78, 5) is 2.09. The second-order valence-corrected chi connectivity index (χ2v) is 6.79. The molecule has 40 heavy (non-hydrogen) atoms. The molecule has 0 atom stereocenters. The quantitative estimate of drug-likeness (QED) is 0.125. The van der Waals surface area contributed by atoms with Gasteiger partial charge < -0.3 is 0 Å². The zero-order valence-electron chi connectivity index (χ0n) is 16.6. The first-order chi connectivity index (χ1) is 16.7. The van der Waals surface area contributed by atoms with Crippen LogP contribution in [0.2, 0.25) is 0 Å². The Morgan fingerprint density at radius 1 is 0.200 bits per heavy atom. The summed E-state index contributed by atoms with van der Waals surface area (Å²) >= 11 is 0. The van der Waals surface area contributed by atoms with E-state index in [0.29, 0.717) is 0 Å². The summed E-state index contributed by atoms with van der Waals surface area (Å²) in [6, 6.07) is 0. The number of rotatable bonds is 11. The van der Waals surface area contributed by atoms with Crippen LogP contribution in [0.25, 0.3) is 0 Å². The van der Waals surface area contributed by atoms with Gasteiger partial charge in [0.2, 0.25) is 0 Å². The van der Waals surface area contributed by atoms with E-state index < -0.39 is 72.0 Å². The molecular formula is C12F26O2. The van der Waals surface area contributed by atoms with Crippen molar-refractivity contribution in [3.63, 3.8) is 0 Å². The Kier molecular flexibility index (Phi) is 8.86. The van der Waals surface area contributed by atoms with E-state index in [1.807, 2.05) is 0 Å². The van der Waals surface area contributed by atoms with Gasteiger partial charge in [0.05, 0.1) is 0 Å². The Balaban J connectivity index is 6.57. The molecule has 0 N–H and O–H groups in total. The van der Waals surface area contributed by atoms with Crippen molar-refractivity contribution in [2.24, 2.45) is 0 Å². The predicted molar refractivity (Wildman–Crippen MR) is 63.7 cm³/mol. The number of halogens is 26. The minimum atomic E-state index is -8.89. The third-order valence-corrected chi connectivity index (χ3v) is 4.06. The van der Waals surface area contributed by atoms with Crippen LogP contribution in [0.5, 0.6) is 0 Å². The molecule has 0 rings (SSSR count). The predicted octanol–water partition coefficient (Wildman–Crippen LogP) is 8.33. The molecule has 0 aliphatic carbocycles. The maximum Gasteiger partial charge on any atom is 0.460 e. The topological polar surface area (TPSA) is 18.5 Å². The van der Waals surface area contributed by atoms with E-state index in [-0.39, 0.29) is 0 Å². The highest BCUT2D eigenvalue weighted by Gasteiger charge is 2.94. The van der Waals surface area contributed by atoms with Crippen molar-refractivity contribution in [3.8, 4) is 0 Å². The van der Waals surface area contributed by atoms with Crippen molar-refractivity contribution in [1.29, 1.82) is 0 Å². The molecule has 0 fully saturated rings. The van der Waals surface area contributed by atoms with Crippen molar-refractivity contribution in [2.45, 2.75) is 72.0 Å². The van der Waals surface area contributed by atoms with Crippen LogP contribution in [-0.2, 0) is 9.78 Å². The van der Waals surface area contributed by atoms with Crippen LogP contribution in [0.3, 0.4) is 0 Å². The first kappa shape index (κ1) is 38.1. The van der Waals surface area contributed by atoms with Crippen LogP contribution in [-0.4, -0.2) is 72.0 Å². The number of alkyl halides is 26. The van der Waals surface area contributed by atoms with E-state index in [1.54, 1.807) is 0 Å². The Bertz CT molecular complexity index is 832. The fraction of sp³-hybridized carbons (Fsp3) is 1.00. The smallest absolute Gasteiger partial charge is 0.192 e. The van der Waals surface area contributed by atoms with Gasteiger partial charge in [0.15, 0.2) is 0 Å². The lowest BCUT2D eigenvalue weighted by Gasteiger charge is -2.40. The molecule has 0 spiro atoms. The van der Waals surface area contributed by atoms with Crippen molar-refractivity contribution in [3.05, 3.63) is 0 Å². The standard InChI is InChI=1S/C12F26O2/c13-1(14,5(21,22)9(29,30)31)3(17,18)7(25,26)11(35,36)39-40-12(37,38)8(27,28)4(19,20)2(15,16)6(23,24)10(32,33)34. The molecule has 0 saturated heterocycles. The highest BCUT2D eigenvalue weighted by Crippen LogP contribution is 2.62. The van der Waals surface area contributed by atoms with Crippen LogP contribution >= 0.6 is 0 Å². The SMILES string of the molecule is FC(F)(F)C(F)(F)C(F)(F)C(F)(F)C(F)(F)C(F)(F)OOC(F)(F)C(F)(F)C(F)(F)C(F)(F)C(F)(F)C(F)(F)F. The summed E-state index contributed by atoms with van der Waals surface area (Å²) in [5.41, 5.74) is 0. The lowest BCUT2D eigenvalue weighted by Crippen LogP contribution is -2.71.